The number of nitrogens with zero attached hydrogens (tertiary/aromatic N) is 1. The molecule has 3 rings (SSSR count). The lowest BCUT2D eigenvalue weighted by Gasteiger charge is -2.17. The number of pyridine rings is 1. The molecule has 0 atom stereocenters. The van der Waals surface area contributed by atoms with Gasteiger partial charge in [0.05, 0.1) is 13.7 Å². The molecular formula is C24H27BrN2O3. The smallest absolute Gasteiger partial charge is 0.213 e. The number of ether oxygens (including phenoxy) is 3. The van der Waals surface area contributed by atoms with Crippen molar-refractivity contribution in [1.82, 2.24) is 10.3 Å². The average molecular weight is 471 g/mol. The van der Waals surface area contributed by atoms with Crippen molar-refractivity contribution in [3.8, 4) is 17.4 Å². The maximum absolute atomic E-state index is 6.17. The van der Waals surface area contributed by atoms with Gasteiger partial charge in [-0.25, -0.2) is 4.98 Å². The van der Waals surface area contributed by atoms with E-state index in [1.165, 1.54) is 5.56 Å². The minimum atomic E-state index is 0.484. The maximum atomic E-state index is 6.17. The third-order valence-electron chi connectivity index (χ3n) is 4.58. The first-order valence-corrected chi connectivity index (χ1v) is 10.7. The van der Waals surface area contributed by atoms with Gasteiger partial charge >= 0.3 is 0 Å². The second-order valence-corrected chi connectivity index (χ2v) is 7.73. The largest absolute Gasteiger partial charge is 0.493 e. The molecule has 0 aliphatic carbocycles. The van der Waals surface area contributed by atoms with E-state index in [1.807, 2.05) is 30.3 Å². The highest BCUT2D eigenvalue weighted by atomic mass is 79.9. The first-order chi connectivity index (χ1) is 14.7. The Hall–Kier alpha value is -2.57. The van der Waals surface area contributed by atoms with Crippen LogP contribution in [0.1, 0.15) is 23.1 Å². The standard InChI is InChI=1S/C24H27BrN2O3/c1-18-7-9-19(10-8-18)17-30-24-20(21(25)11-12-22(24)28-2)16-26-13-5-15-29-23-6-3-4-14-27-23/h3-4,6-12,14,26H,5,13,15-17H2,1-2H3. The van der Waals surface area contributed by atoms with E-state index < -0.39 is 0 Å². The minimum Gasteiger partial charge on any atom is -0.493 e. The number of aryl methyl sites for hydroxylation is 1. The molecule has 0 bridgehead atoms. The van der Waals surface area contributed by atoms with Crippen LogP contribution in [-0.2, 0) is 13.2 Å². The summed E-state index contributed by atoms with van der Waals surface area (Å²) >= 11 is 3.65. The van der Waals surface area contributed by atoms with Gasteiger partial charge < -0.3 is 19.5 Å². The Bertz CT molecular complexity index is 918. The van der Waals surface area contributed by atoms with Crippen LogP contribution in [0, 0.1) is 6.92 Å². The molecule has 3 aromatic rings. The number of methoxy groups -OCH3 is 1. The van der Waals surface area contributed by atoms with Crippen LogP contribution in [-0.4, -0.2) is 25.2 Å². The molecule has 0 aliphatic rings. The van der Waals surface area contributed by atoms with Gasteiger partial charge in [-0.05, 0) is 43.7 Å². The molecule has 0 saturated carbocycles. The zero-order chi connectivity index (χ0) is 21.2. The molecule has 2 aromatic carbocycles. The van der Waals surface area contributed by atoms with Gasteiger partial charge in [0.15, 0.2) is 11.5 Å². The zero-order valence-electron chi connectivity index (χ0n) is 17.4. The lowest BCUT2D eigenvalue weighted by atomic mass is 10.1. The van der Waals surface area contributed by atoms with E-state index in [0.717, 1.165) is 40.1 Å². The van der Waals surface area contributed by atoms with Crippen LogP contribution in [0.3, 0.4) is 0 Å². The Morgan fingerprint density at radius 1 is 1.00 bits per heavy atom. The monoisotopic (exact) mass is 470 g/mol. The molecule has 0 spiro atoms. The fraction of sp³-hybridized carbons (Fsp3) is 0.292. The van der Waals surface area contributed by atoms with E-state index in [1.54, 1.807) is 13.3 Å². The quantitative estimate of drug-likeness (QED) is 0.385. The number of rotatable bonds is 11. The van der Waals surface area contributed by atoms with Crippen LogP contribution in [0.15, 0.2) is 65.3 Å². The van der Waals surface area contributed by atoms with Crippen molar-refractivity contribution in [3.63, 3.8) is 0 Å². The van der Waals surface area contributed by atoms with E-state index in [9.17, 15) is 0 Å². The van der Waals surface area contributed by atoms with Gasteiger partial charge in [-0.3, -0.25) is 0 Å². The first-order valence-electron chi connectivity index (χ1n) is 9.95. The molecule has 1 N–H and O–H groups in total. The van der Waals surface area contributed by atoms with Crippen LogP contribution in [0.2, 0.25) is 0 Å². The van der Waals surface area contributed by atoms with Crippen molar-refractivity contribution in [3.05, 3.63) is 82.0 Å². The summed E-state index contributed by atoms with van der Waals surface area (Å²) < 4.78 is 18.3. The molecule has 0 radical (unpaired) electrons. The van der Waals surface area contributed by atoms with Crippen molar-refractivity contribution < 1.29 is 14.2 Å². The number of benzene rings is 2. The van der Waals surface area contributed by atoms with E-state index in [2.05, 4.69) is 57.4 Å². The summed E-state index contributed by atoms with van der Waals surface area (Å²) in [5.41, 5.74) is 3.39. The molecule has 0 amide bonds. The van der Waals surface area contributed by atoms with Gasteiger partial charge in [0.25, 0.3) is 0 Å². The zero-order valence-corrected chi connectivity index (χ0v) is 18.9. The molecule has 5 nitrogen and oxygen atoms in total. The second-order valence-electron chi connectivity index (χ2n) is 6.88. The Balaban J connectivity index is 1.55. The molecule has 6 heteroatoms. The molecule has 1 heterocycles. The number of hydrogen-bond donors (Lipinski definition) is 1. The predicted octanol–water partition coefficient (Wildman–Crippen LogP) is 5.30. The Labute approximate surface area is 186 Å². The van der Waals surface area contributed by atoms with E-state index in [-0.39, 0.29) is 0 Å². The summed E-state index contributed by atoms with van der Waals surface area (Å²) in [5.74, 6) is 2.13. The molecule has 0 unspecified atom stereocenters. The molecular weight excluding hydrogens is 444 g/mol. The second kappa shape index (κ2) is 11.6. The van der Waals surface area contributed by atoms with Gasteiger partial charge in [-0.15, -0.1) is 0 Å². The van der Waals surface area contributed by atoms with Gasteiger partial charge in [-0.2, -0.15) is 0 Å². The van der Waals surface area contributed by atoms with Crippen LogP contribution >= 0.6 is 15.9 Å². The molecule has 0 fully saturated rings. The molecule has 158 valence electrons. The molecule has 0 saturated heterocycles. The lowest BCUT2D eigenvalue weighted by Crippen LogP contribution is -2.18. The highest BCUT2D eigenvalue weighted by Gasteiger charge is 2.14. The Morgan fingerprint density at radius 2 is 1.83 bits per heavy atom. The van der Waals surface area contributed by atoms with Gasteiger partial charge in [0.2, 0.25) is 5.88 Å². The molecule has 1 aromatic heterocycles. The van der Waals surface area contributed by atoms with Gasteiger partial charge in [0, 0.05) is 28.8 Å². The lowest BCUT2D eigenvalue weighted by molar-refractivity contribution is 0.279. The minimum absolute atomic E-state index is 0.484. The number of nitrogens with one attached hydrogen (secondary N) is 1. The van der Waals surface area contributed by atoms with Crippen LogP contribution in [0.5, 0.6) is 17.4 Å². The van der Waals surface area contributed by atoms with Crippen molar-refractivity contribution in [1.29, 1.82) is 0 Å². The van der Waals surface area contributed by atoms with E-state index in [0.29, 0.717) is 25.6 Å². The normalized spacial score (nSPS) is 10.6. The topological polar surface area (TPSA) is 52.6 Å². The first kappa shape index (κ1) is 22.1. The number of halogens is 1. The Morgan fingerprint density at radius 3 is 2.57 bits per heavy atom. The number of aromatic nitrogens is 1. The van der Waals surface area contributed by atoms with E-state index >= 15 is 0 Å². The predicted molar refractivity (Wildman–Crippen MR) is 122 cm³/mol. The SMILES string of the molecule is COc1ccc(Br)c(CNCCCOc2ccccn2)c1OCc1ccc(C)cc1. The molecule has 0 aliphatic heterocycles. The maximum Gasteiger partial charge on any atom is 0.213 e. The summed E-state index contributed by atoms with van der Waals surface area (Å²) in [5, 5.41) is 3.46. The fourth-order valence-electron chi connectivity index (χ4n) is 2.93. The van der Waals surface area contributed by atoms with Crippen LogP contribution < -0.4 is 19.5 Å². The van der Waals surface area contributed by atoms with Gasteiger partial charge in [0.1, 0.15) is 6.61 Å². The highest BCUT2D eigenvalue weighted by Crippen LogP contribution is 2.36. The third kappa shape index (κ3) is 6.47. The van der Waals surface area contributed by atoms with Crippen molar-refractivity contribution >= 4 is 15.9 Å². The van der Waals surface area contributed by atoms with Gasteiger partial charge in [-0.1, -0.05) is 51.8 Å². The molecule has 30 heavy (non-hydrogen) atoms. The van der Waals surface area contributed by atoms with E-state index in [4.69, 9.17) is 14.2 Å². The van der Waals surface area contributed by atoms with Crippen LogP contribution in [0.4, 0.5) is 0 Å². The number of hydrogen-bond acceptors (Lipinski definition) is 5. The Kier molecular flexibility index (Phi) is 8.53. The summed E-state index contributed by atoms with van der Waals surface area (Å²) in [6, 6.07) is 17.9. The van der Waals surface area contributed by atoms with Crippen molar-refractivity contribution in [2.24, 2.45) is 0 Å². The van der Waals surface area contributed by atoms with Crippen LogP contribution in [0.25, 0.3) is 0 Å². The van der Waals surface area contributed by atoms with Crippen molar-refractivity contribution in [2.75, 3.05) is 20.3 Å². The summed E-state index contributed by atoms with van der Waals surface area (Å²) in [6.07, 6.45) is 2.60. The highest BCUT2D eigenvalue weighted by molar-refractivity contribution is 9.10. The fourth-order valence-corrected chi connectivity index (χ4v) is 3.38. The summed E-state index contributed by atoms with van der Waals surface area (Å²) in [6.45, 7) is 4.64. The summed E-state index contributed by atoms with van der Waals surface area (Å²) in [7, 11) is 1.66. The average Bonchev–Trinajstić information content (AvgIpc) is 2.77. The summed E-state index contributed by atoms with van der Waals surface area (Å²) in [4.78, 5) is 4.16. The third-order valence-corrected chi connectivity index (χ3v) is 5.32. The van der Waals surface area contributed by atoms with Crippen molar-refractivity contribution in [2.45, 2.75) is 26.5 Å².